The number of benzene rings is 3. The number of aliphatic hydroxyl groups is 1. The van der Waals surface area contributed by atoms with Crippen LogP contribution in [0, 0.1) is 0 Å². The van der Waals surface area contributed by atoms with E-state index in [-0.39, 0.29) is 64.3 Å². The Labute approximate surface area is 275 Å². The molecule has 2 heterocycles. The van der Waals surface area contributed by atoms with E-state index in [0.29, 0.717) is 31.4 Å². The molecule has 0 saturated carbocycles. The standard InChI is InChI=1S/C32H32Cl2F3N3O5S/c33-24-6-1-21(2-7-24)31(22-3-8-25(34)9-4-22)23-5-10-28-27(19-23)29(20-30(39-28)45-18-17-44-16-15-41)38-26-11-13-40(14-12-26)46(42,43)32(35,36)37/h1-10,19-20,26,31,41H,11-18H2,(H,38,39). The summed E-state index contributed by atoms with van der Waals surface area (Å²) < 4.78 is 74.9. The molecule has 1 fully saturated rings. The van der Waals surface area contributed by atoms with E-state index in [1.165, 1.54) is 0 Å². The number of hydrogen-bond acceptors (Lipinski definition) is 7. The fourth-order valence-corrected chi connectivity index (χ4v) is 6.69. The van der Waals surface area contributed by atoms with E-state index in [9.17, 15) is 21.6 Å². The van der Waals surface area contributed by atoms with Gasteiger partial charge in [0.1, 0.15) is 6.61 Å². The van der Waals surface area contributed by atoms with Crippen LogP contribution >= 0.6 is 23.2 Å². The summed E-state index contributed by atoms with van der Waals surface area (Å²) in [5.41, 5.74) is -1.16. The van der Waals surface area contributed by atoms with Crippen molar-refractivity contribution in [2.24, 2.45) is 0 Å². The van der Waals surface area contributed by atoms with Crippen LogP contribution in [0.15, 0.2) is 72.8 Å². The van der Waals surface area contributed by atoms with Gasteiger partial charge in [0.05, 0.1) is 25.3 Å². The van der Waals surface area contributed by atoms with E-state index >= 15 is 0 Å². The van der Waals surface area contributed by atoms with Gasteiger partial charge in [-0.2, -0.15) is 17.5 Å². The average molecular weight is 699 g/mol. The number of fused-ring (bicyclic) bond motifs is 1. The minimum absolute atomic E-state index is 0.110. The Balaban J connectivity index is 1.49. The van der Waals surface area contributed by atoms with Crippen molar-refractivity contribution in [1.82, 2.24) is 9.29 Å². The zero-order valence-corrected chi connectivity index (χ0v) is 26.8. The number of hydrogen-bond donors (Lipinski definition) is 2. The number of piperidine rings is 1. The van der Waals surface area contributed by atoms with Crippen molar-refractivity contribution in [3.63, 3.8) is 0 Å². The first-order valence-electron chi connectivity index (χ1n) is 14.6. The summed E-state index contributed by atoms with van der Waals surface area (Å²) in [7, 11) is -5.40. The molecule has 246 valence electrons. The summed E-state index contributed by atoms with van der Waals surface area (Å²) in [5, 5.41) is 14.3. The van der Waals surface area contributed by atoms with E-state index in [1.807, 2.05) is 66.7 Å². The van der Waals surface area contributed by atoms with Crippen LogP contribution in [0.1, 0.15) is 35.4 Å². The van der Waals surface area contributed by atoms with Gasteiger partial charge in [-0.1, -0.05) is 53.5 Å². The minimum atomic E-state index is -5.40. The van der Waals surface area contributed by atoms with Crippen LogP contribution < -0.4 is 10.1 Å². The van der Waals surface area contributed by atoms with Crippen molar-refractivity contribution in [3.05, 3.63) is 99.5 Å². The smallest absolute Gasteiger partial charge is 0.475 e. The summed E-state index contributed by atoms with van der Waals surface area (Å²) in [6, 6.07) is 22.4. The maximum absolute atomic E-state index is 13.1. The number of aromatic nitrogens is 1. The molecule has 0 spiro atoms. The van der Waals surface area contributed by atoms with Gasteiger partial charge in [0, 0.05) is 52.2 Å². The first-order chi connectivity index (χ1) is 22.0. The molecule has 0 bridgehead atoms. The Hall–Kier alpha value is -3.13. The highest BCUT2D eigenvalue weighted by molar-refractivity contribution is 7.90. The van der Waals surface area contributed by atoms with E-state index in [0.717, 1.165) is 22.1 Å². The van der Waals surface area contributed by atoms with Crippen molar-refractivity contribution in [2.75, 3.05) is 44.8 Å². The molecule has 1 aromatic heterocycles. The summed E-state index contributed by atoms with van der Waals surface area (Å²) in [4.78, 5) is 4.67. The summed E-state index contributed by atoms with van der Waals surface area (Å²) >= 11 is 12.4. The fourth-order valence-electron chi connectivity index (χ4n) is 5.46. The molecule has 3 aromatic carbocycles. The maximum atomic E-state index is 13.1. The number of pyridine rings is 1. The Morgan fingerprint density at radius 3 is 2.04 bits per heavy atom. The molecule has 1 aliphatic heterocycles. The third kappa shape index (κ3) is 8.04. The van der Waals surface area contributed by atoms with E-state index in [1.54, 1.807) is 6.07 Å². The number of aliphatic hydroxyl groups excluding tert-OH is 1. The van der Waals surface area contributed by atoms with Gasteiger partial charge in [-0.25, -0.2) is 13.4 Å². The number of alkyl halides is 3. The molecule has 8 nitrogen and oxygen atoms in total. The van der Waals surface area contributed by atoms with Crippen molar-refractivity contribution in [3.8, 4) is 5.88 Å². The van der Waals surface area contributed by atoms with Gasteiger partial charge in [-0.05, 0) is 65.9 Å². The molecule has 0 unspecified atom stereocenters. The Morgan fingerprint density at radius 2 is 1.48 bits per heavy atom. The van der Waals surface area contributed by atoms with Gasteiger partial charge < -0.3 is 19.9 Å². The molecular formula is C32H32Cl2F3N3O5S. The minimum Gasteiger partial charge on any atom is -0.475 e. The molecule has 0 radical (unpaired) electrons. The van der Waals surface area contributed by atoms with Crippen LogP contribution in [0.4, 0.5) is 18.9 Å². The third-order valence-corrected chi connectivity index (χ3v) is 9.84. The fraction of sp³-hybridized carbons (Fsp3) is 0.344. The second-order valence-corrected chi connectivity index (χ2v) is 13.6. The molecule has 4 aromatic rings. The van der Waals surface area contributed by atoms with Gasteiger partial charge in [0.2, 0.25) is 5.88 Å². The Bertz CT molecular complexity index is 1690. The van der Waals surface area contributed by atoms with E-state index in [2.05, 4.69) is 10.3 Å². The van der Waals surface area contributed by atoms with Gasteiger partial charge in [0.25, 0.3) is 0 Å². The van der Waals surface area contributed by atoms with Gasteiger partial charge in [-0.3, -0.25) is 0 Å². The molecular weight excluding hydrogens is 666 g/mol. The lowest BCUT2D eigenvalue weighted by Gasteiger charge is -2.32. The zero-order valence-electron chi connectivity index (χ0n) is 24.5. The van der Waals surface area contributed by atoms with Crippen LogP contribution in [0.2, 0.25) is 10.0 Å². The van der Waals surface area contributed by atoms with Crippen molar-refractivity contribution in [1.29, 1.82) is 0 Å². The number of ether oxygens (including phenoxy) is 2. The summed E-state index contributed by atoms with van der Waals surface area (Å²) in [5.74, 6) is 0.113. The molecule has 2 N–H and O–H groups in total. The summed E-state index contributed by atoms with van der Waals surface area (Å²) in [6.45, 7) is -0.0595. The van der Waals surface area contributed by atoms with E-state index < -0.39 is 15.5 Å². The molecule has 1 saturated heterocycles. The Morgan fingerprint density at radius 1 is 0.891 bits per heavy atom. The predicted molar refractivity (Wildman–Crippen MR) is 172 cm³/mol. The quantitative estimate of drug-likeness (QED) is 0.124. The highest BCUT2D eigenvalue weighted by atomic mass is 35.5. The second-order valence-electron chi connectivity index (χ2n) is 10.8. The molecule has 14 heteroatoms. The lowest BCUT2D eigenvalue weighted by molar-refractivity contribution is -0.0494. The van der Waals surface area contributed by atoms with Crippen LogP contribution in [-0.2, 0) is 14.8 Å². The molecule has 0 atom stereocenters. The topological polar surface area (TPSA) is 101 Å². The average Bonchev–Trinajstić information content (AvgIpc) is 3.03. The Kier molecular flexibility index (Phi) is 11.0. The monoisotopic (exact) mass is 697 g/mol. The lowest BCUT2D eigenvalue weighted by Crippen LogP contribution is -2.47. The van der Waals surface area contributed by atoms with Gasteiger partial charge in [0.15, 0.2) is 0 Å². The van der Waals surface area contributed by atoms with Crippen LogP contribution in [0.25, 0.3) is 10.9 Å². The normalized spacial score (nSPS) is 15.0. The van der Waals surface area contributed by atoms with Crippen LogP contribution in [-0.4, -0.2) is 73.9 Å². The third-order valence-electron chi connectivity index (χ3n) is 7.71. The number of nitrogens with zero attached hydrogens (tertiary/aromatic N) is 2. The van der Waals surface area contributed by atoms with Crippen molar-refractivity contribution < 1.29 is 36.2 Å². The summed E-state index contributed by atoms with van der Waals surface area (Å²) in [6.07, 6.45) is 0.338. The number of anilines is 1. The zero-order chi connectivity index (χ0) is 32.9. The second kappa shape index (κ2) is 14.7. The number of halogens is 5. The van der Waals surface area contributed by atoms with Gasteiger partial charge in [-0.15, -0.1) is 0 Å². The highest BCUT2D eigenvalue weighted by Gasteiger charge is 2.50. The molecule has 5 rings (SSSR count). The molecule has 0 amide bonds. The van der Waals surface area contributed by atoms with Crippen LogP contribution in [0.3, 0.4) is 0 Å². The van der Waals surface area contributed by atoms with Gasteiger partial charge >= 0.3 is 15.5 Å². The highest BCUT2D eigenvalue weighted by Crippen LogP contribution is 2.37. The lowest BCUT2D eigenvalue weighted by atomic mass is 9.84. The first kappa shape index (κ1) is 34.2. The molecule has 1 aliphatic rings. The SMILES string of the molecule is O=S(=O)(N1CCC(Nc2cc(OCCOCCO)nc3ccc(C(c4ccc(Cl)cc4)c4ccc(Cl)cc4)cc23)CC1)C(F)(F)F. The number of sulfonamides is 1. The number of nitrogens with one attached hydrogen (secondary N) is 1. The largest absolute Gasteiger partial charge is 0.511 e. The molecule has 0 aliphatic carbocycles. The van der Waals surface area contributed by atoms with Crippen LogP contribution in [0.5, 0.6) is 5.88 Å². The first-order valence-corrected chi connectivity index (χ1v) is 16.8. The van der Waals surface area contributed by atoms with Crippen molar-refractivity contribution >= 4 is 49.8 Å². The predicted octanol–water partition coefficient (Wildman–Crippen LogP) is 6.84. The number of rotatable bonds is 12. The maximum Gasteiger partial charge on any atom is 0.511 e. The van der Waals surface area contributed by atoms with Crippen molar-refractivity contribution in [2.45, 2.75) is 30.3 Å². The molecule has 46 heavy (non-hydrogen) atoms. The van der Waals surface area contributed by atoms with E-state index in [4.69, 9.17) is 37.8 Å².